The topological polar surface area (TPSA) is 58.6 Å². The Labute approximate surface area is 104 Å². The second kappa shape index (κ2) is 6.90. The fourth-order valence-corrected chi connectivity index (χ4v) is 1.23. The van der Waals surface area contributed by atoms with Crippen LogP contribution >= 0.6 is 0 Å². The molecule has 0 unspecified atom stereocenters. The van der Waals surface area contributed by atoms with Crippen LogP contribution in [0.4, 0.5) is 13.6 Å². The zero-order valence-corrected chi connectivity index (χ0v) is 9.73. The molecule has 0 aliphatic rings. The van der Waals surface area contributed by atoms with Crippen molar-refractivity contribution in [1.29, 1.82) is 0 Å². The summed E-state index contributed by atoms with van der Waals surface area (Å²) < 4.78 is 30.6. The number of alkyl carbamates (subject to hydrolysis) is 1. The number of alkyl halides is 2. The second-order valence-corrected chi connectivity index (χ2v) is 3.74. The number of ether oxygens (including phenoxy) is 1. The van der Waals surface area contributed by atoms with Crippen LogP contribution < -0.4 is 5.32 Å². The van der Waals surface area contributed by atoms with E-state index in [1.807, 2.05) is 11.4 Å². The summed E-state index contributed by atoms with van der Waals surface area (Å²) in [5.74, 6) is -3.12. The normalized spacial score (nSPS) is 11.1. The highest BCUT2D eigenvalue weighted by molar-refractivity contribution is 5.67. The molecule has 0 saturated carbocycles. The first-order valence-electron chi connectivity index (χ1n) is 5.47. The van der Waals surface area contributed by atoms with E-state index in [4.69, 9.17) is 9.84 Å². The van der Waals surface area contributed by atoms with Crippen molar-refractivity contribution < 1.29 is 23.4 Å². The maximum Gasteiger partial charge on any atom is 0.407 e. The average molecular weight is 259 g/mol. The fraction of sp³-hybridized carbons (Fsp3) is 0.417. The van der Waals surface area contributed by atoms with Gasteiger partial charge < -0.3 is 15.2 Å². The smallest absolute Gasteiger partial charge is 0.407 e. The zero-order chi connectivity index (χ0) is 13.4. The van der Waals surface area contributed by atoms with Gasteiger partial charge in [0.05, 0.1) is 6.54 Å². The minimum atomic E-state index is -3.12. The van der Waals surface area contributed by atoms with Crippen LogP contribution in [0.25, 0.3) is 0 Å². The Kier molecular flexibility index (Phi) is 5.51. The van der Waals surface area contributed by atoms with Gasteiger partial charge in [0.2, 0.25) is 0 Å². The lowest BCUT2D eigenvalue weighted by molar-refractivity contribution is -0.0199. The van der Waals surface area contributed by atoms with Gasteiger partial charge in [0, 0.05) is 13.0 Å². The van der Waals surface area contributed by atoms with Gasteiger partial charge in [0.25, 0.3) is 5.92 Å². The lowest BCUT2D eigenvalue weighted by atomic mass is 10.2. The first-order valence-corrected chi connectivity index (χ1v) is 5.47. The van der Waals surface area contributed by atoms with Gasteiger partial charge in [0.15, 0.2) is 0 Å². The standard InChI is InChI=1S/C12H15F2NO3/c13-12(14,6-7-16)9-15-11(17)18-8-10-4-2-1-3-5-10/h1-5,16H,6-9H2,(H,15,17). The third kappa shape index (κ3) is 5.58. The van der Waals surface area contributed by atoms with Crippen molar-refractivity contribution in [1.82, 2.24) is 5.32 Å². The summed E-state index contributed by atoms with van der Waals surface area (Å²) in [6, 6.07) is 8.90. The number of aliphatic hydroxyl groups is 1. The average Bonchev–Trinajstić information content (AvgIpc) is 2.35. The van der Waals surface area contributed by atoms with Crippen molar-refractivity contribution in [3.05, 3.63) is 35.9 Å². The SMILES string of the molecule is O=C(NCC(F)(F)CCO)OCc1ccccc1. The quantitative estimate of drug-likeness (QED) is 0.820. The highest BCUT2D eigenvalue weighted by Gasteiger charge is 2.28. The summed E-state index contributed by atoms with van der Waals surface area (Å²) in [6.45, 7) is -1.45. The third-order valence-electron chi connectivity index (χ3n) is 2.18. The number of carbonyl (C=O) groups excluding carboxylic acids is 1. The number of benzene rings is 1. The Morgan fingerprint density at radius 1 is 1.33 bits per heavy atom. The number of amides is 1. The Morgan fingerprint density at radius 2 is 2.00 bits per heavy atom. The van der Waals surface area contributed by atoms with Gasteiger partial charge in [-0.25, -0.2) is 13.6 Å². The molecule has 0 atom stereocenters. The van der Waals surface area contributed by atoms with Crippen molar-refractivity contribution in [3.8, 4) is 0 Å². The Morgan fingerprint density at radius 3 is 2.61 bits per heavy atom. The van der Waals surface area contributed by atoms with Gasteiger partial charge in [-0.2, -0.15) is 0 Å². The largest absolute Gasteiger partial charge is 0.445 e. The van der Waals surface area contributed by atoms with Crippen LogP contribution in [0.3, 0.4) is 0 Å². The van der Waals surface area contributed by atoms with Crippen LogP contribution in [-0.2, 0) is 11.3 Å². The first kappa shape index (κ1) is 14.4. The molecule has 100 valence electrons. The Hall–Kier alpha value is -1.69. The van der Waals surface area contributed by atoms with E-state index >= 15 is 0 Å². The predicted octanol–water partition coefficient (Wildman–Crippen LogP) is 1.93. The minimum absolute atomic E-state index is 0.0260. The molecule has 1 rings (SSSR count). The molecular weight excluding hydrogens is 244 g/mol. The number of hydrogen-bond acceptors (Lipinski definition) is 3. The molecule has 0 spiro atoms. The van der Waals surface area contributed by atoms with E-state index in [1.165, 1.54) is 0 Å². The summed E-state index contributed by atoms with van der Waals surface area (Å²) >= 11 is 0. The summed E-state index contributed by atoms with van der Waals surface area (Å²) in [7, 11) is 0. The molecule has 1 aromatic carbocycles. The van der Waals surface area contributed by atoms with E-state index in [1.54, 1.807) is 24.3 Å². The summed E-state index contributed by atoms with van der Waals surface area (Å²) in [6.07, 6.45) is -1.59. The number of halogens is 2. The zero-order valence-electron chi connectivity index (χ0n) is 9.73. The molecule has 0 bridgehead atoms. The van der Waals surface area contributed by atoms with Gasteiger partial charge in [-0.05, 0) is 5.56 Å². The molecule has 1 aromatic rings. The molecule has 0 aliphatic carbocycles. The van der Waals surface area contributed by atoms with Crippen molar-refractivity contribution in [2.75, 3.05) is 13.2 Å². The summed E-state index contributed by atoms with van der Waals surface area (Å²) in [5, 5.41) is 10.4. The van der Waals surface area contributed by atoms with Crippen LogP contribution in [0.2, 0.25) is 0 Å². The number of nitrogens with one attached hydrogen (secondary N) is 1. The van der Waals surface area contributed by atoms with Gasteiger partial charge in [-0.3, -0.25) is 0 Å². The molecular formula is C12H15F2NO3. The van der Waals surface area contributed by atoms with Gasteiger partial charge >= 0.3 is 6.09 Å². The van der Waals surface area contributed by atoms with Gasteiger partial charge in [-0.1, -0.05) is 30.3 Å². The monoisotopic (exact) mass is 259 g/mol. The third-order valence-corrected chi connectivity index (χ3v) is 2.18. The number of aliphatic hydroxyl groups excluding tert-OH is 1. The second-order valence-electron chi connectivity index (χ2n) is 3.74. The van der Waals surface area contributed by atoms with Crippen LogP contribution in [0.5, 0.6) is 0 Å². The van der Waals surface area contributed by atoms with E-state index < -0.39 is 31.6 Å². The van der Waals surface area contributed by atoms with Crippen LogP contribution in [-0.4, -0.2) is 30.3 Å². The predicted molar refractivity (Wildman–Crippen MR) is 61.3 cm³/mol. The maximum absolute atomic E-state index is 12.9. The van der Waals surface area contributed by atoms with Gasteiger partial charge in [-0.15, -0.1) is 0 Å². The highest BCUT2D eigenvalue weighted by atomic mass is 19.3. The van der Waals surface area contributed by atoms with Crippen molar-refractivity contribution >= 4 is 6.09 Å². The van der Waals surface area contributed by atoms with E-state index in [9.17, 15) is 13.6 Å². The first-order chi connectivity index (χ1) is 8.53. The molecule has 6 heteroatoms. The molecule has 18 heavy (non-hydrogen) atoms. The van der Waals surface area contributed by atoms with E-state index in [2.05, 4.69) is 0 Å². The van der Waals surface area contributed by atoms with E-state index in [-0.39, 0.29) is 6.61 Å². The molecule has 0 aromatic heterocycles. The maximum atomic E-state index is 12.9. The molecule has 0 aliphatic heterocycles. The van der Waals surface area contributed by atoms with Crippen LogP contribution in [0.1, 0.15) is 12.0 Å². The molecule has 1 amide bonds. The molecule has 0 fully saturated rings. The molecule has 4 nitrogen and oxygen atoms in total. The lowest BCUT2D eigenvalue weighted by Gasteiger charge is -2.15. The fourth-order valence-electron chi connectivity index (χ4n) is 1.23. The van der Waals surface area contributed by atoms with E-state index in [0.29, 0.717) is 0 Å². The number of hydrogen-bond donors (Lipinski definition) is 2. The minimum Gasteiger partial charge on any atom is -0.445 e. The van der Waals surface area contributed by atoms with Crippen molar-refractivity contribution in [3.63, 3.8) is 0 Å². The molecule has 0 heterocycles. The van der Waals surface area contributed by atoms with Gasteiger partial charge in [0.1, 0.15) is 6.61 Å². The number of carbonyl (C=O) groups is 1. The lowest BCUT2D eigenvalue weighted by Crippen LogP contribution is -2.37. The Balaban J connectivity index is 2.26. The molecule has 0 radical (unpaired) electrons. The molecule has 0 saturated heterocycles. The van der Waals surface area contributed by atoms with Crippen LogP contribution in [0, 0.1) is 0 Å². The van der Waals surface area contributed by atoms with Crippen molar-refractivity contribution in [2.24, 2.45) is 0 Å². The molecule has 2 N–H and O–H groups in total. The number of rotatable bonds is 6. The summed E-state index contributed by atoms with van der Waals surface area (Å²) in [5.41, 5.74) is 0.773. The van der Waals surface area contributed by atoms with E-state index in [0.717, 1.165) is 5.56 Å². The van der Waals surface area contributed by atoms with Crippen molar-refractivity contribution in [2.45, 2.75) is 19.0 Å². The van der Waals surface area contributed by atoms with Crippen LogP contribution in [0.15, 0.2) is 30.3 Å². The Bertz CT molecular complexity index is 371. The highest BCUT2D eigenvalue weighted by Crippen LogP contribution is 2.16. The summed E-state index contributed by atoms with van der Waals surface area (Å²) in [4.78, 5) is 11.1.